The summed E-state index contributed by atoms with van der Waals surface area (Å²) in [5.74, 6) is 0. The van der Waals surface area contributed by atoms with Crippen LogP contribution in [0.2, 0.25) is 0 Å². The van der Waals surface area contributed by atoms with Gasteiger partial charge in [-0.25, -0.2) is 0 Å². The third kappa shape index (κ3) is 3.77. The Morgan fingerprint density at radius 3 is 2.53 bits per heavy atom. The molecule has 0 amide bonds. The molecule has 0 saturated heterocycles. The topological polar surface area (TPSA) is 39.2 Å². The van der Waals surface area contributed by atoms with E-state index in [4.69, 9.17) is 0 Å². The predicted molar refractivity (Wildman–Crippen MR) is 59.4 cm³/mol. The molecule has 2 aromatic rings. The molecule has 3 heteroatoms. The molecule has 0 radical (unpaired) electrons. The fraction of sp³-hybridized carbons (Fsp3) is 0.167. The summed E-state index contributed by atoms with van der Waals surface area (Å²) in [6.07, 6.45) is 3.68. The Morgan fingerprint density at radius 1 is 1.27 bits per heavy atom. The highest BCUT2D eigenvalue weighted by Crippen LogP contribution is 2.09. The van der Waals surface area contributed by atoms with Crippen LogP contribution >= 0.6 is 0 Å². The lowest BCUT2D eigenvalue weighted by Crippen LogP contribution is -1.80. The maximum atomic E-state index is 9.18. The molecule has 78 valence electrons. The molecule has 0 aliphatic rings. The Morgan fingerprint density at radius 2 is 2.00 bits per heavy atom. The summed E-state index contributed by atoms with van der Waals surface area (Å²) in [4.78, 5) is 13.2. The molecular formula is C12H13NO2. The minimum atomic E-state index is 0.431. The van der Waals surface area contributed by atoms with E-state index < -0.39 is 0 Å². The molecule has 2 rings (SSSR count). The van der Waals surface area contributed by atoms with Gasteiger partial charge in [-0.05, 0) is 23.8 Å². The van der Waals surface area contributed by atoms with Crippen molar-refractivity contribution < 1.29 is 9.53 Å². The van der Waals surface area contributed by atoms with Gasteiger partial charge in [-0.15, -0.1) is 0 Å². The van der Waals surface area contributed by atoms with Crippen LogP contribution in [0.1, 0.15) is 6.92 Å². The summed E-state index contributed by atoms with van der Waals surface area (Å²) in [7, 11) is 0. The molecule has 0 unspecified atom stereocenters. The number of aromatic nitrogens is 1. The summed E-state index contributed by atoms with van der Waals surface area (Å²) >= 11 is 0. The van der Waals surface area contributed by atoms with Crippen molar-refractivity contribution in [2.45, 2.75) is 6.92 Å². The molecule has 1 aromatic carbocycles. The van der Waals surface area contributed by atoms with Gasteiger partial charge in [0.1, 0.15) is 0 Å². The van der Waals surface area contributed by atoms with Crippen molar-refractivity contribution in [3.05, 3.63) is 42.7 Å². The highest BCUT2D eigenvalue weighted by molar-refractivity contribution is 5.80. The van der Waals surface area contributed by atoms with Crippen molar-refractivity contribution in [1.29, 1.82) is 0 Å². The monoisotopic (exact) mass is 203 g/mol. The van der Waals surface area contributed by atoms with E-state index in [9.17, 15) is 4.79 Å². The number of hydrogen-bond donors (Lipinski definition) is 0. The Hall–Kier alpha value is -1.90. The molecule has 15 heavy (non-hydrogen) atoms. The van der Waals surface area contributed by atoms with Gasteiger partial charge >= 0.3 is 0 Å². The van der Waals surface area contributed by atoms with Crippen molar-refractivity contribution in [2.24, 2.45) is 0 Å². The lowest BCUT2D eigenvalue weighted by atomic mass is 10.2. The second-order valence-electron chi connectivity index (χ2n) is 2.77. The number of ether oxygens (including phenoxy) is 1. The fourth-order valence-electron chi connectivity index (χ4n) is 1.09. The minimum Gasteiger partial charge on any atom is -0.468 e. The second kappa shape index (κ2) is 6.54. The van der Waals surface area contributed by atoms with Crippen molar-refractivity contribution in [1.82, 2.24) is 4.98 Å². The van der Waals surface area contributed by atoms with Gasteiger partial charge in [-0.3, -0.25) is 9.78 Å². The first-order valence-electron chi connectivity index (χ1n) is 4.72. The Kier molecular flexibility index (Phi) is 4.87. The van der Waals surface area contributed by atoms with Gasteiger partial charge in [0.15, 0.2) is 0 Å². The van der Waals surface area contributed by atoms with Crippen LogP contribution in [0.4, 0.5) is 0 Å². The molecular weight excluding hydrogens is 190 g/mol. The molecule has 0 atom stereocenters. The van der Waals surface area contributed by atoms with E-state index >= 15 is 0 Å². The van der Waals surface area contributed by atoms with Gasteiger partial charge in [0.25, 0.3) is 6.47 Å². The van der Waals surface area contributed by atoms with E-state index in [-0.39, 0.29) is 0 Å². The number of nitrogens with zero attached hydrogens (tertiary/aromatic N) is 1. The second-order valence-corrected chi connectivity index (χ2v) is 2.77. The van der Waals surface area contributed by atoms with Gasteiger partial charge < -0.3 is 4.74 Å². The molecule has 3 nitrogen and oxygen atoms in total. The zero-order valence-corrected chi connectivity index (χ0v) is 8.59. The SMILES string of the molecule is CCOC=O.c1ccc2cnccc2c1. The molecule has 1 aromatic heterocycles. The van der Waals surface area contributed by atoms with Crippen LogP contribution in [0.5, 0.6) is 0 Å². The lowest BCUT2D eigenvalue weighted by molar-refractivity contribution is -0.128. The third-order valence-electron chi connectivity index (χ3n) is 1.78. The molecule has 0 bridgehead atoms. The van der Waals surface area contributed by atoms with Gasteiger partial charge in [-0.1, -0.05) is 24.3 Å². The van der Waals surface area contributed by atoms with Gasteiger partial charge in [0.05, 0.1) is 6.61 Å². The first-order chi connectivity index (χ1) is 7.38. The van der Waals surface area contributed by atoms with Crippen molar-refractivity contribution in [3.8, 4) is 0 Å². The zero-order chi connectivity index (χ0) is 10.9. The Bertz CT molecular complexity index is 350. The van der Waals surface area contributed by atoms with E-state index in [0.29, 0.717) is 13.1 Å². The Balaban J connectivity index is 0.000000195. The summed E-state index contributed by atoms with van der Waals surface area (Å²) in [5.41, 5.74) is 0. The largest absolute Gasteiger partial charge is 0.468 e. The fourth-order valence-corrected chi connectivity index (χ4v) is 1.09. The van der Waals surface area contributed by atoms with Crippen LogP contribution in [-0.4, -0.2) is 18.1 Å². The third-order valence-corrected chi connectivity index (χ3v) is 1.78. The number of fused-ring (bicyclic) bond motifs is 1. The molecule has 0 aliphatic heterocycles. The van der Waals surface area contributed by atoms with Crippen LogP contribution < -0.4 is 0 Å². The average Bonchev–Trinajstić information content (AvgIpc) is 2.31. The maximum Gasteiger partial charge on any atom is 0.293 e. The van der Waals surface area contributed by atoms with Crippen LogP contribution in [-0.2, 0) is 9.53 Å². The van der Waals surface area contributed by atoms with Gasteiger partial charge in [0, 0.05) is 12.4 Å². The van der Waals surface area contributed by atoms with Crippen molar-refractivity contribution in [2.75, 3.05) is 6.61 Å². The predicted octanol–water partition coefficient (Wildman–Crippen LogP) is 2.41. The lowest BCUT2D eigenvalue weighted by Gasteiger charge is -1.91. The molecule has 0 spiro atoms. The summed E-state index contributed by atoms with van der Waals surface area (Å²) in [6, 6.07) is 10.2. The molecule has 0 aliphatic carbocycles. The smallest absolute Gasteiger partial charge is 0.293 e. The molecule has 0 fully saturated rings. The summed E-state index contributed by atoms with van der Waals surface area (Å²) in [6.45, 7) is 2.66. The number of hydrogen-bond acceptors (Lipinski definition) is 3. The highest BCUT2D eigenvalue weighted by atomic mass is 16.5. The first-order valence-corrected chi connectivity index (χ1v) is 4.72. The minimum absolute atomic E-state index is 0.431. The molecule has 0 N–H and O–H groups in total. The molecule has 1 heterocycles. The highest BCUT2D eigenvalue weighted by Gasteiger charge is 1.86. The number of rotatable bonds is 2. The van der Waals surface area contributed by atoms with E-state index in [1.165, 1.54) is 10.8 Å². The van der Waals surface area contributed by atoms with E-state index in [1.807, 2.05) is 30.6 Å². The standard InChI is InChI=1S/C9H7N.C3H6O2/c1-2-4-9-7-10-6-5-8(9)3-1;1-2-5-3-4/h1-7H;3H,2H2,1H3. The maximum absolute atomic E-state index is 9.18. The Labute approximate surface area is 88.7 Å². The van der Waals surface area contributed by atoms with E-state index in [0.717, 1.165) is 0 Å². The van der Waals surface area contributed by atoms with E-state index in [1.54, 1.807) is 6.92 Å². The number of carbonyl (C=O) groups is 1. The normalized spacial score (nSPS) is 8.87. The number of carbonyl (C=O) groups excluding carboxylic acids is 1. The number of benzene rings is 1. The summed E-state index contributed by atoms with van der Waals surface area (Å²) in [5, 5.41) is 2.45. The van der Waals surface area contributed by atoms with Crippen LogP contribution in [0, 0.1) is 0 Å². The van der Waals surface area contributed by atoms with Gasteiger partial charge in [-0.2, -0.15) is 0 Å². The molecule has 0 saturated carbocycles. The van der Waals surface area contributed by atoms with Crippen LogP contribution in [0.3, 0.4) is 0 Å². The van der Waals surface area contributed by atoms with Crippen molar-refractivity contribution >= 4 is 17.2 Å². The van der Waals surface area contributed by atoms with E-state index in [2.05, 4.69) is 21.9 Å². The number of pyridine rings is 1. The summed E-state index contributed by atoms with van der Waals surface area (Å²) < 4.78 is 4.15. The van der Waals surface area contributed by atoms with Crippen LogP contribution in [0.25, 0.3) is 10.8 Å². The van der Waals surface area contributed by atoms with Crippen LogP contribution in [0.15, 0.2) is 42.7 Å². The van der Waals surface area contributed by atoms with Crippen molar-refractivity contribution in [3.63, 3.8) is 0 Å². The first kappa shape index (κ1) is 11.2. The quantitative estimate of drug-likeness (QED) is 0.703. The average molecular weight is 203 g/mol. The van der Waals surface area contributed by atoms with Gasteiger partial charge in [0.2, 0.25) is 0 Å². The zero-order valence-electron chi connectivity index (χ0n) is 8.59.